The number of aromatic amines is 2. The quantitative estimate of drug-likeness (QED) is 0.145. The molecule has 0 radical (unpaired) electrons. The zero-order valence-electron chi connectivity index (χ0n) is 23.6. The molecule has 218 valence electrons. The molecule has 8 bridgehead atoms. The molecule has 5 heterocycles. The standard InChI is InChI=1S/C32H18N8O3S.ClH.Zn/c41-44(42,43)23-15-7-14-22-24(23)32-39-30-21-13-6-5-12-20(21)28(37-30)35-26-17-9-2-1-8-16(17)25(33-26)34-27-18-10-3-4-11-19(18)29(36-27)38-31(22)40-32;;/h1-15H,(H,41,42,43)(H2,33,34,35,36,37,38,39,40);1H;/q;;+2/p-2. The molecule has 0 saturated heterocycles. The van der Waals surface area contributed by atoms with Crippen molar-refractivity contribution in [2.45, 2.75) is 4.90 Å². The number of fused-ring (bicyclic) bond motifs is 20. The number of rotatable bonds is 1. The summed E-state index contributed by atoms with van der Waals surface area (Å²) < 4.78 is 37.2. The third-order valence-electron chi connectivity index (χ3n) is 7.81. The van der Waals surface area contributed by atoms with Crippen LogP contribution in [0.4, 0.5) is 0 Å². The topological polar surface area (TPSA) is 166 Å². The van der Waals surface area contributed by atoms with Gasteiger partial charge in [0.05, 0.1) is 4.90 Å². The van der Waals surface area contributed by atoms with E-state index in [1.54, 1.807) is 6.07 Å². The van der Waals surface area contributed by atoms with Gasteiger partial charge >= 0.3 is 27.0 Å². The molecular weight excluding hydrogens is 677 g/mol. The Morgan fingerprint density at radius 2 is 0.870 bits per heavy atom. The van der Waals surface area contributed by atoms with E-state index in [-0.39, 0.29) is 11.0 Å². The van der Waals surface area contributed by atoms with Crippen molar-refractivity contribution in [3.05, 3.63) is 91.0 Å². The van der Waals surface area contributed by atoms with Crippen molar-refractivity contribution in [2.75, 3.05) is 0 Å². The van der Waals surface area contributed by atoms with Gasteiger partial charge in [-0.1, -0.05) is 84.9 Å². The molecule has 2 aliphatic rings. The van der Waals surface area contributed by atoms with Crippen molar-refractivity contribution in [1.29, 1.82) is 0 Å². The van der Waals surface area contributed by atoms with Crippen LogP contribution in [0, 0.1) is 0 Å². The molecule has 0 unspecified atom stereocenters. The van der Waals surface area contributed by atoms with Crippen molar-refractivity contribution in [2.24, 2.45) is 0 Å². The first kappa shape index (κ1) is 28.5. The molecular formula is C32H17ClN8O3SZn. The van der Waals surface area contributed by atoms with E-state index < -0.39 is 15.0 Å². The fraction of sp³-hybridized carbons (Fsp3) is 0. The number of nitrogens with one attached hydrogen (secondary N) is 2. The summed E-state index contributed by atoms with van der Waals surface area (Å²) in [5.74, 6) is 1.55. The molecule has 2 aliphatic heterocycles. The van der Waals surface area contributed by atoms with Crippen molar-refractivity contribution < 1.29 is 30.3 Å². The maximum absolute atomic E-state index is 12.4. The van der Waals surface area contributed by atoms with Crippen molar-refractivity contribution in [1.82, 2.24) is 39.9 Å². The molecule has 0 fully saturated rings. The number of hydrogen-bond acceptors (Lipinski definition) is 9. The van der Waals surface area contributed by atoms with E-state index in [9.17, 15) is 13.0 Å². The molecule has 0 saturated carbocycles. The summed E-state index contributed by atoms with van der Waals surface area (Å²) in [6.07, 6.45) is 0. The average molecular weight is 694 g/mol. The molecule has 9 rings (SSSR count). The number of aromatic nitrogens is 8. The first-order valence-corrected chi connectivity index (χ1v) is 19.2. The van der Waals surface area contributed by atoms with Crippen molar-refractivity contribution in [3.63, 3.8) is 0 Å². The maximum atomic E-state index is 12.4. The van der Waals surface area contributed by atoms with Gasteiger partial charge in [0.25, 0.3) is 0 Å². The second kappa shape index (κ2) is 10.9. The molecule has 0 atom stereocenters. The minimum absolute atomic E-state index is 0.122. The zero-order valence-corrected chi connectivity index (χ0v) is 28.1. The predicted molar refractivity (Wildman–Crippen MR) is 170 cm³/mol. The van der Waals surface area contributed by atoms with Crippen LogP contribution in [0.15, 0.2) is 95.9 Å². The first-order chi connectivity index (χ1) is 22.4. The number of nitrogens with zero attached hydrogens (tertiary/aromatic N) is 6. The fourth-order valence-corrected chi connectivity index (χ4v) is 6.57. The third-order valence-corrected chi connectivity index (χ3v) is 8.69. The Kier molecular flexibility index (Phi) is 6.73. The van der Waals surface area contributed by atoms with E-state index in [0.29, 0.717) is 51.2 Å². The third kappa shape index (κ3) is 4.51. The SMILES string of the molecule is O=S(=O)([O-])c1cccc2c3nc4nc(nc5[nH]c(nc6nc(nc([nH]3)c12)-c1ccccc1-6)c1ccccc51)-c1ccccc1-4.[Cl][Zn+]. The van der Waals surface area contributed by atoms with E-state index in [1.165, 1.54) is 12.1 Å². The van der Waals surface area contributed by atoms with Gasteiger partial charge in [0.1, 0.15) is 32.7 Å². The Morgan fingerprint density at radius 1 is 0.500 bits per heavy atom. The van der Waals surface area contributed by atoms with E-state index in [0.717, 1.165) is 44.8 Å². The molecule has 0 aliphatic carbocycles. The Morgan fingerprint density at radius 3 is 1.33 bits per heavy atom. The second-order valence-corrected chi connectivity index (χ2v) is 11.7. The van der Waals surface area contributed by atoms with Crippen LogP contribution in [-0.4, -0.2) is 52.8 Å². The Bertz CT molecular complexity index is 2670. The van der Waals surface area contributed by atoms with Gasteiger partial charge in [-0.25, -0.2) is 38.3 Å². The predicted octanol–water partition coefficient (Wildman–Crippen LogP) is 6.46. The van der Waals surface area contributed by atoms with Gasteiger partial charge in [0, 0.05) is 43.8 Å². The van der Waals surface area contributed by atoms with Gasteiger partial charge in [-0.05, 0) is 6.07 Å². The number of H-pyrrole nitrogens is 2. The van der Waals surface area contributed by atoms with Crippen LogP contribution < -0.4 is 0 Å². The van der Waals surface area contributed by atoms with Gasteiger partial charge in [-0.3, -0.25) is 0 Å². The monoisotopic (exact) mass is 692 g/mol. The molecule has 0 amide bonds. The number of halogens is 1. The van der Waals surface area contributed by atoms with E-state index in [4.69, 9.17) is 39.6 Å². The van der Waals surface area contributed by atoms with Crippen molar-refractivity contribution >= 4 is 63.9 Å². The molecule has 46 heavy (non-hydrogen) atoms. The molecule has 3 aromatic heterocycles. The number of hydrogen-bond donors (Lipinski definition) is 2. The van der Waals surface area contributed by atoms with Gasteiger partial charge in [0.15, 0.2) is 23.3 Å². The van der Waals surface area contributed by atoms with Crippen LogP contribution in [0.3, 0.4) is 0 Å². The first-order valence-electron chi connectivity index (χ1n) is 13.9. The summed E-state index contributed by atoms with van der Waals surface area (Å²) in [5.41, 5.74) is 4.55. The van der Waals surface area contributed by atoms with Gasteiger partial charge in [0.2, 0.25) is 0 Å². The zero-order chi connectivity index (χ0) is 31.6. The minimum atomic E-state index is -4.87. The van der Waals surface area contributed by atoms with E-state index in [2.05, 4.69) is 9.97 Å². The molecule has 7 aromatic rings. The Hall–Kier alpha value is -4.94. The molecule has 4 aromatic carbocycles. The van der Waals surface area contributed by atoms with Gasteiger partial charge in [-0.2, -0.15) is 0 Å². The average Bonchev–Trinajstić information content (AvgIpc) is 3.81. The van der Waals surface area contributed by atoms with Crippen LogP contribution in [0.25, 0.3) is 89.7 Å². The van der Waals surface area contributed by atoms with Crippen LogP contribution in [0.1, 0.15) is 0 Å². The number of benzene rings is 4. The summed E-state index contributed by atoms with van der Waals surface area (Å²) in [6.45, 7) is 0. The summed E-state index contributed by atoms with van der Waals surface area (Å²) >= 11 is 0.847. The normalized spacial score (nSPS) is 12.0. The van der Waals surface area contributed by atoms with Crippen LogP contribution in [-0.2, 0) is 27.4 Å². The summed E-state index contributed by atoms with van der Waals surface area (Å²) in [7, 11) is -0.102. The molecule has 11 nitrogen and oxygen atoms in total. The summed E-state index contributed by atoms with van der Waals surface area (Å²) in [4.78, 5) is 35.2. The van der Waals surface area contributed by atoms with Crippen LogP contribution in [0.2, 0.25) is 0 Å². The fourth-order valence-electron chi connectivity index (χ4n) is 5.87. The molecule has 0 spiro atoms. The van der Waals surface area contributed by atoms with Crippen LogP contribution in [0.5, 0.6) is 0 Å². The van der Waals surface area contributed by atoms with Crippen LogP contribution >= 0.6 is 9.69 Å². The van der Waals surface area contributed by atoms with Gasteiger partial charge in [-0.15, -0.1) is 0 Å². The summed E-state index contributed by atoms with van der Waals surface area (Å²) in [6, 6.07) is 27.4. The Balaban J connectivity index is 0.00000153. The van der Waals surface area contributed by atoms with E-state index >= 15 is 0 Å². The summed E-state index contributed by atoms with van der Waals surface area (Å²) in [5, 5.41) is 2.24. The Labute approximate surface area is 274 Å². The van der Waals surface area contributed by atoms with Gasteiger partial charge < -0.3 is 14.5 Å². The van der Waals surface area contributed by atoms with E-state index in [1.807, 2.05) is 72.8 Å². The molecule has 2 N–H and O–H groups in total. The second-order valence-electron chi connectivity index (χ2n) is 10.4. The molecule has 14 heteroatoms. The van der Waals surface area contributed by atoms with Crippen molar-refractivity contribution in [3.8, 4) is 45.6 Å².